The summed E-state index contributed by atoms with van der Waals surface area (Å²) in [5, 5.41) is 6.14. The van der Waals surface area contributed by atoms with Gasteiger partial charge in [-0.25, -0.2) is 14.8 Å². The van der Waals surface area contributed by atoms with Gasteiger partial charge in [-0.2, -0.15) is 0 Å². The van der Waals surface area contributed by atoms with Crippen molar-refractivity contribution in [1.82, 2.24) is 25.5 Å². The lowest BCUT2D eigenvalue weighted by Crippen LogP contribution is -2.50. The van der Waals surface area contributed by atoms with Crippen LogP contribution in [-0.2, 0) is 0 Å². The van der Waals surface area contributed by atoms with Crippen molar-refractivity contribution >= 4 is 11.9 Å². The molecule has 2 heterocycles. The summed E-state index contributed by atoms with van der Waals surface area (Å²) < 4.78 is 0. The number of likely N-dealkylation sites (tertiary alicyclic amines) is 1. The van der Waals surface area contributed by atoms with Crippen molar-refractivity contribution in [2.75, 3.05) is 13.1 Å². The van der Waals surface area contributed by atoms with E-state index in [9.17, 15) is 9.59 Å². The molecular formula is C22H27N5O2. The summed E-state index contributed by atoms with van der Waals surface area (Å²) in [6.45, 7) is 1.31. The molecule has 1 aliphatic carbocycles. The van der Waals surface area contributed by atoms with E-state index in [1.54, 1.807) is 12.4 Å². The Hall–Kier alpha value is -2.96. The van der Waals surface area contributed by atoms with Crippen LogP contribution in [0.25, 0.3) is 11.1 Å². The summed E-state index contributed by atoms with van der Waals surface area (Å²) in [6.07, 6.45) is 11.1. The number of aromatic nitrogens is 2. The third-order valence-electron chi connectivity index (χ3n) is 5.83. The molecule has 2 aromatic rings. The minimum absolute atomic E-state index is 0.0368. The van der Waals surface area contributed by atoms with Crippen molar-refractivity contribution < 1.29 is 9.59 Å². The van der Waals surface area contributed by atoms with E-state index in [0.717, 1.165) is 36.8 Å². The van der Waals surface area contributed by atoms with Crippen LogP contribution in [0.15, 0.2) is 43.0 Å². The number of carbonyl (C=O) groups is 2. The predicted octanol–water partition coefficient (Wildman–Crippen LogP) is 2.99. The highest BCUT2D eigenvalue weighted by Gasteiger charge is 2.25. The standard InChI is InChI=1S/C22H27N5O2/c28-21(17-7-5-16(6-8-17)18-13-23-15-24-14-18)27-11-9-20(10-12-27)26-22(29)25-19-3-1-2-4-19/h5-8,13-15,19-20H,1-4,9-12H2,(H2,25,26,29). The average molecular weight is 393 g/mol. The van der Waals surface area contributed by atoms with Gasteiger partial charge in [0.15, 0.2) is 0 Å². The third-order valence-corrected chi connectivity index (χ3v) is 5.83. The normalized spacial score (nSPS) is 17.9. The lowest BCUT2D eigenvalue weighted by atomic mass is 10.0. The van der Waals surface area contributed by atoms with Crippen molar-refractivity contribution in [3.05, 3.63) is 48.5 Å². The van der Waals surface area contributed by atoms with Crippen LogP contribution in [0, 0.1) is 0 Å². The Morgan fingerprint density at radius 3 is 2.03 bits per heavy atom. The molecule has 0 atom stereocenters. The van der Waals surface area contributed by atoms with E-state index in [1.165, 1.54) is 19.2 Å². The molecule has 2 aliphatic rings. The zero-order valence-corrected chi connectivity index (χ0v) is 16.5. The van der Waals surface area contributed by atoms with Crippen molar-refractivity contribution in [1.29, 1.82) is 0 Å². The van der Waals surface area contributed by atoms with Gasteiger partial charge in [0.2, 0.25) is 0 Å². The molecule has 1 aliphatic heterocycles. The van der Waals surface area contributed by atoms with E-state index in [4.69, 9.17) is 0 Å². The Balaban J connectivity index is 1.27. The molecule has 0 bridgehead atoms. The zero-order chi connectivity index (χ0) is 20.1. The highest BCUT2D eigenvalue weighted by Crippen LogP contribution is 2.20. The lowest BCUT2D eigenvalue weighted by molar-refractivity contribution is 0.0708. The van der Waals surface area contributed by atoms with Crippen LogP contribution in [-0.4, -0.2) is 52.0 Å². The molecular weight excluding hydrogens is 366 g/mol. The van der Waals surface area contributed by atoms with E-state index < -0.39 is 0 Å². The first kappa shape index (κ1) is 19.4. The van der Waals surface area contributed by atoms with Crippen molar-refractivity contribution in [3.63, 3.8) is 0 Å². The fourth-order valence-corrected chi connectivity index (χ4v) is 4.15. The van der Waals surface area contributed by atoms with E-state index in [0.29, 0.717) is 24.7 Å². The molecule has 0 radical (unpaired) electrons. The van der Waals surface area contributed by atoms with Gasteiger partial charge in [-0.15, -0.1) is 0 Å². The number of benzene rings is 1. The van der Waals surface area contributed by atoms with Crippen LogP contribution < -0.4 is 10.6 Å². The third kappa shape index (κ3) is 4.91. The van der Waals surface area contributed by atoms with E-state index in [1.807, 2.05) is 29.2 Å². The average Bonchev–Trinajstić information content (AvgIpc) is 3.27. The fourth-order valence-electron chi connectivity index (χ4n) is 4.15. The van der Waals surface area contributed by atoms with Crippen LogP contribution in [0.5, 0.6) is 0 Å². The summed E-state index contributed by atoms with van der Waals surface area (Å²) in [5.74, 6) is 0.0368. The Morgan fingerprint density at radius 1 is 0.828 bits per heavy atom. The quantitative estimate of drug-likeness (QED) is 0.836. The van der Waals surface area contributed by atoms with E-state index in [2.05, 4.69) is 20.6 Å². The van der Waals surface area contributed by atoms with Gasteiger partial charge in [0.25, 0.3) is 5.91 Å². The molecule has 1 aromatic carbocycles. The molecule has 1 saturated heterocycles. The second kappa shape index (κ2) is 9.03. The molecule has 7 nitrogen and oxygen atoms in total. The Kier molecular flexibility index (Phi) is 6.03. The number of carbonyl (C=O) groups excluding carboxylic acids is 2. The number of nitrogens with zero attached hydrogens (tertiary/aromatic N) is 3. The van der Waals surface area contributed by atoms with Gasteiger partial charge in [0, 0.05) is 48.7 Å². The maximum Gasteiger partial charge on any atom is 0.315 e. The van der Waals surface area contributed by atoms with Gasteiger partial charge in [-0.05, 0) is 43.4 Å². The second-order valence-corrected chi connectivity index (χ2v) is 7.87. The van der Waals surface area contributed by atoms with Gasteiger partial charge in [0.1, 0.15) is 6.33 Å². The molecule has 0 spiro atoms. The maximum absolute atomic E-state index is 12.8. The number of piperidine rings is 1. The van der Waals surface area contributed by atoms with Crippen LogP contribution in [0.2, 0.25) is 0 Å². The Morgan fingerprint density at radius 2 is 1.41 bits per heavy atom. The van der Waals surface area contributed by atoms with E-state index in [-0.39, 0.29) is 18.0 Å². The van der Waals surface area contributed by atoms with Gasteiger partial charge in [-0.3, -0.25) is 4.79 Å². The van der Waals surface area contributed by atoms with Gasteiger partial charge in [-0.1, -0.05) is 25.0 Å². The molecule has 1 aromatic heterocycles. The maximum atomic E-state index is 12.8. The predicted molar refractivity (Wildman–Crippen MR) is 110 cm³/mol. The summed E-state index contributed by atoms with van der Waals surface area (Å²) in [4.78, 5) is 34.9. The monoisotopic (exact) mass is 393 g/mol. The van der Waals surface area contributed by atoms with Crippen LogP contribution in [0.4, 0.5) is 4.79 Å². The number of urea groups is 1. The molecule has 1 saturated carbocycles. The largest absolute Gasteiger partial charge is 0.338 e. The molecule has 3 amide bonds. The topological polar surface area (TPSA) is 87.2 Å². The molecule has 2 fully saturated rings. The Bertz CT molecular complexity index is 826. The lowest BCUT2D eigenvalue weighted by Gasteiger charge is -2.32. The van der Waals surface area contributed by atoms with Gasteiger partial charge < -0.3 is 15.5 Å². The van der Waals surface area contributed by atoms with E-state index >= 15 is 0 Å². The summed E-state index contributed by atoms with van der Waals surface area (Å²) in [5.41, 5.74) is 2.59. The van der Waals surface area contributed by atoms with Gasteiger partial charge in [0.05, 0.1) is 0 Å². The summed E-state index contributed by atoms with van der Waals surface area (Å²) in [6, 6.07) is 7.93. The summed E-state index contributed by atoms with van der Waals surface area (Å²) in [7, 11) is 0. The zero-order valence-electron chi connectivity index (χ0n) is 16.5. The molecule has 7 heteroatoms. The first-order valence-electron chi connectivity index (χ1n) is 10.4. The highest BCUT2D eigenvalue weighted by molar-refractivity contribution is 5.94. The van der Waals surface area contributed by atoms with Crippen LogP contribution in [0.1, 0.15) is 48.9 Å². The SMILES string of the molecule is O=C(NC1CCCC1)NC1CCN(C(=O)c2ccc(-c3cncnc3)cc2)CC1. The number of hydrogen-bond donors (Lipinski definition) is 2. The minimum Gasteiger partial charge on any atom is -0.338 e. The number of amides is 3. The van der Waals surface area contributed by atoms with Crippen LogP contribution >= 0.6 is 0 Å². The molecule has 152 valence electrons. The number of nitrogens with one attached hydrogen (secondary N) is 2. The van der Waals surface area contributed by atoms with Crippen LogP contribution in [0.3, 0.4) is 0 Å². The first-order valence-corrected chi connectivity index (χ1v) is 10.4. The molecule has 4 rings (SSSR count). The molecule has 2 N–H and O–H groups in total. The molecule has 0 unspecified atom stereocenters. The first-order chi connectivity index (χ1) is 14.2. The number of rotatable bonds is 4. The highest BCUT2D eigenvalue weighted by atomic mass is 16.2. The fraction of sp³-hybridized carbons (Fsp3) is 0.455. The summed E-state index contributed by atoms with van der Waals surface area (Å²) >= 11 is 0. The molecule has 29 heavy (non-hydrogen) atoms. The van der Waals surface area contributed by atoms with Gasteiger partial charge >= 0.3 is 6.03 Å². The minimum atomic E-state index is -0.0674. The van der Waals surface area contributed by atoms with Crippen molar-refractivity contribution in [3.8, 4) is 11.1 Å². The Labute approximate surface area is 170 Å². The smallest absolute Gasteiger partial charge is 0.315 e. The second-order valence-electron chi connectivity index (χ2n) is 7.87. The van der Waals surface area contributed by atoms with Crippen molar-refractivity contribution in [2.24, 2.45) is 0 Å². The van der Waals surface area contributed by atoms with Crippen molar-refractivity contribution in [2.45, 2.75) is 50.6 Å². The number of hydrogen-bond acceptors (Lipinski definition) is 4.